The summed E-state index contributed by atoms with van der Waals surface area (Å²) in [6, 6.07) is 14.7. The number of rotatable bonds is 8. The number of nitrogens with one attached hydrogen (secondary N) is 1. The smallest absolute Gasteiger partial charge is 0.292 e. The van der Waals surface area contributed by atoms with Gasteiger partial charge in [-0.05, 0) is 81.9 Å². The van der Waals surface area contributed by atoms with Gasteiger partial charge in [0.15, 0.2) is 11.6 Å². The fourth-order valence-corrected chi connectivity index (χ4v) is 4.19. The van der Waals surface area contributed by atoms with Crippen LogP contribution in [0.1, 0.15) is 52.8 Å². The molecule has 4 aromatic rings. The molecule has 182 valence electrons. The quantitative estimate of drug-likeness (QED) is 0.232. The largest absolute Gasteiger partial charge is 0.485 e. The Morgan fingerprint density at radius 1 is 1.17 bits per heavy atom. The topological polar surface area (TPSA) is 69.3 Å². The van der Waals surface area contributed by atoms with Gasteiger partial charge >= 0.3 is 0 Å². The molecule has 0 saturated carbocycles. The van der Waals surface area contributed by atoms with E-state index in [0.717, 1.165) is 22.4 Å². The molecular formula is C26H24BrCl2N3O3. The molecule has 6 nitrogen and oxygen atoms in total. The first-order valence-electron chi connectivity index (χ1n) is 11.0. The summed E-state index contributed by atoms with van der Waals surface area (Å²) in [6.07, 6.45) is 1.80. The summed E-state index contributed by atoms with van der Waals surface area (Å²) < 4.78 is 14.1. The first kappa shape index (κ1) is 25.4. The van der Waals surface area contributed by atoms with Crippen molar-refractivity contribution < 1.29 is 13.9 Å². The third-order valence-corrected chi connectivity index (χ3v) is 6.61. The molecule has 0 fully saturated rings. The van der Waals surface area contributed by atoms with Gasteiger partial charge in [-0.1, -0.05) is 49.2 Å². The van der Waals surface area contributed by atoms with Gasteiger partial charge in [-0.25, -0.2) is 0 Å². The summed E-state index contributed by atoms with van der Waals surface area (Å²) in [5.41, 5.74) is 2.99. The third-order valence-electron chi connectivity index (χ3n) is 5.38. The van der Waals surface area contributed by atoms with Gasteiger partial charge in [0.25, 0.3) is 5.91 Å². The standard InChI is InChI=1S/C26H24BrCl2N3O3/c1-15(2)20-11-22(29)16(3)10-24(20)34-14-19-8-9-23(35-19)26(33)30-25-21(27)13-32(31-25)12-17-4-6-18(28)7-5-17/h4-11,13,15H,12,14H2,1-3H3,(H,30,31,33). The van der Waals surface area contributed by atoms with Gasteiger partial charge in [-0.15, -0.1) is 0 Å². The molecule has 0 saturated heterocycles. The molecule has 2 heterocycles. The molecule has 0 spiro atoms. The van der Waals surface area contributed by atoms with Crippen molar-refractivity contribution in [1.82, 2.24) is 9.78 Å². The Labute approximate surface area is 222 Å². The van der Waals surface area contributed by atoms with Crippen molar-refractivity contribution in [3.63, 3.8) is 0 Å². The van der Waals surface area contributed by atoms with Crippen molar-refractivity contribution in [3.05, 3.63) is 97.5 Å². The van der Waals surface area contributed by atoms with Gasteiger partial charge in [-0.3, -0.25) is 9.48 Å². The van der Waals surface area contributed by atoms with Crippen molar-refractivity contribution in [2.75, 3.05) is 5.32 Å². The maximum Gasteiger partial charge on any atom is 0.292 e. The molecule has 1 amide bonds. The number of carbonyl (C=O) groups excluding carboxylic acids is 1. The Hall–Kier alpha value is -2.74. The molecule has 2 aromatic carbocycles. The number of carbonyl (C=O) groups is 1. The zero-order valence-corrected chi connectivity index (χ0v) is 22.5. The van der Waals surface area contributed by atoms with Crippen LogP contribution in [-0.4, -0.2) is 15.7 Å². The van der Waals surface area contributed by atoms with Gasteiger partial charge in [0.2, 0.25) is 0 Å². The second-order valence-electron chi connectivity index (χ2n) is 8.45. The molecule has 1 N–H and O–H groups in total. The lowest BCUT2D eigenvalue weighted by Gasteiger charge is -2.15. The van der Waals surface area contributed by atoms with Crippen molar-refractivity contribution in [3.8, 4) is 5.75 Å². The highest BCUT2D eigenvalue weighted by Crippen LogP contribution is 2.32. The Morgan fingerprint density at radius 2 is 1.91 bits per heavy atom. The number of anilines is 1. The fraction of sp³-hybridized carbons (Fsp3) is 0.231. The van der Waals surface area contributed by atoms with E-state index in [2.05, 4.69) is 40.2 Å². The van der Waals surface area contributed by atoms with Crippen LogP contribution in [0.15, 0.2) is 63.6 Å². The highest BCUT2D eigenvalue weighted by Gasteiger charge is 2.17. The van der Waals surface area contributed by atoms with Gasteiger partial charge in [0.05, 0.1) is 11.0 Å². The van der Waals surface area contributed by atoms with Gasteiger partial charge in [0, 0.05) is 16.2 Å². The second kappa shape index (κ2) is 10.9. The minimum atomic E-state index is -0.404. The van der Waals surface area contributed by atoms with E-state index in [-0.39, 0.29) is 18.3 Å². The van der Waals surface area contributed by atoms with Crippen molar-refractivity contribution in [1.29, 1.82) is 0 Å². The Balaban J connectivity index is 1.40. The highest BCUT2D eigenvalue weighted by atomic mass is 79.9. The van der Waals surface area contributed by atoms with Crippen LogP contribution in [0.5, 0.6) is 5.75 Å². The predicted molar refractivity (Wildman–Crippen MR) is 142 cm³/mol. The van der Waals surface area contributed by atoms with E-state index in [1.807, 2.05) is 43.3 Å². The first-order valence-corrected chi connectivity index (χ1v) is 12.5. The molecule has 0 aliphatic rings. The summed E-state index contributed by atoms with van der Waals surface area (Å²) >= 11 is 15.7. The zero-order chi connectivity index (χ0) is 25.1. The fourth-order valence-electron chi connectivity index (χ4n) is 3.48. The number of hydrogen-bond donors (Lipinski definition) is 1. The molecule has 35 heavy (non-hydrogen) atoms. The van der Waals surface area contributed by atoms with Crippen LogP contribution in [0, 0.1) is 6.92 Å². The number of halogens is 3. The summed E-state index contributed by atoms with van der Waals surface area (Å²) in [7, 11) is 0. The van der Waals surface area contributed by atoms with Crippen molar-refractivity contribution >= 4 is 50.9 Å². The minimum Gasteiger partial charge on any atom is -0.485 e. The molecule has 4 rings (SSSR count). The van der Waals surface area contributed by atoms with Crippen molar-refractivity contribution in [2.45, 2.75) is 39.8 Å². The minimum absolute atomic E-state index is 0.166. The summed E-state index contributed by atoms with van der Waals surface area (Å²) in [5, 5.41) is 8.61. The van der Waals surface area contributed by atoms with Gasteiger partial charge in [0.1, 0.15) is 18.1 Å². The average Bonchev–Trinajstić information content (AvgIpc) is 3.42. The van der Waals surface area contributed by atoms with Gasteiger partial charge in [-0.2, -0.15) is 5.10 Å². The molecule has 9 heteroatoms. The number of hydrogen-bond acceptors (Lipinski definition) is 4. The van der Waals surface area contributed by atoms with Crippen LogP contribution in [0.4, 0.5) is 5.82 Å². The van der Waals surface area contributed by atoms with E-state index < -0.39 is 5.91 Å². The molecule has 0 bridgehead atoms. The van der Waals surface area contributed by atoms with E-state index in [1.54, 1.807) is 23.0 Å². The number of aryl methyl sites for hydroxylation is 1. The average molecular weight is 577 g/mol. The predicted octanol–water partition coefficient (Wildman–Crippen LogP) is 7.86. The number of benzene rings is 2. The summed E-state index contributed by atoms with van der Waals surface area (Å²) in [4.78, 5) is 12.7. The van der Waals surface area contributed by atoms with E-state index in [1.165, 1.54) is 0 Å². The van der Waals surface area contributed by atoms with Crippen LogP contribution in [0.2, 0.25) is 10.0 Å². The molecule has 0 aliphatic carbocycles. The summed E-state index contributed by atoms with van der Waals surface area (Å²) in [6.45, 7) is 6.82. The lowest BCUT2D eigenvalue weighted by molar-refractivity contribution is 0.0992. The molecule has 0 radical (unpaired) electrons. The van der Waals surface area contributed by atoms with Crippen LogP contribution in [0.25, 0.3) is 0 Å². The highest BCUT2D eigenvalue weighted by molar-refractivity contribution is 9.10. The maximum atomic E-state index is 12.7. The van der Waals surface area contributed by atoms with Gasteiger partial charge < -0.3 is 14.5 Å². The number of amides is 1. The number of ether oxygens (including phenoxy) is 1. The normalized spacial score (nSPS) is 11.2. The Bertz CT molecular complexity index is 1350. The first-order chi connectivity index (χ1) is 16.7. The van der Waals surface area contributed by atoms with Crippen LogP contribution < -0.4 is 10.1 Å². The summed E-state index contributed by atoms with van der Waals surface area (Å²) in [5.74, 6) is 1.69. The number of aromatic nitrogens is 2. The zero-order valence-electron chi connectivity index (χ0n) is 19.4. The molecule has 0 unspecified atom stereocenters. The van der Waals surface area contributed by atoms with E-state index in [4.69, 9.17) is 32.4 Å². The monoisotopic (exact) mass is 575 g/mol. The van der Waals surface area contributed by atoms with E-state index in [9.17, 15) is 4.79 Å². The van der Waals surface area contributed by atoms with E-state index >= 15 is 0 Å². The number of nitrogens with zero attached hydrogens (tertiary/aromatic N) is 2. The third kappa shape index (κ3) is 6.28. The van der Waals surface area contributed by atoms with Crippen LogP contribution in [-0.2, 0) is 13.2 Å². The SMILES string of the molecule is Cc1cc(OCc2ccc(C(=O)Nc3nn(Cc4ccc(Cl)cc4)cc3Br)o2)c(C(C)C)cc1Cl. The van der Waals surface area contributed by atoms with E-state index in [0.29, 0.717) is 32.6 Å². The lowest BCUT2D eigenvalue weighted by atomic mass is 10.0. The molecular weight excluding hydrogens is 553 g/mol. The maximum absolute atomic E-state index is 12.7. The second-order valence-corrected chi connectivity index (χ2v) is 10.2. The van der Waals surface area contributed by atoms with Crippen molar-refractivity contribution in [2.24, 2.45) is 0 Å². The Kier molecular flexibility index (Phi) is 7.89. The molecule has 0 aliphatic heterocycles. The molecule has 0 atom stereocenters. The number of furan rings is 1. The van der Waals surface area contributed by atoms with Crippen LogP contribution >= 0.6 is 39.1 Å². The molecule has 2 aromatic heterocycles. The Morgan fingerprint density at radius 3 is 2.63 bits per heavy atom. The lowest BCUT2D eigenvalue weighted by Crippen LogP contribution is -2.12. The van der Waals surface area contributed by atoms with Crippen LogP contribution in [0.3, 0.4) is 0 Å².